The Balaban J connectivity index is 2.32. The fourth-order valence-corrected chi connectivity index (χ4v) is 2.22. The van der Waals surface area contributed by atoms with E-state index in [0.29, 0.717) is 29.2 Å². The highest BCUT2D eigenvalue weighted by molar-refractivity contribution is 5.91. The molecule has 0 spiro atoms. The summed E-state index contributed by atoms with van der Waals surface area (Å²) >= 11 is 0. The van der Waals surface area contributed by atoms with E-state index < -0.39 is 18.0 Å². The third-order valence-corrected chi connectivity index (χ3v) is 3.58. The first kappa shape index (κ1) is 20.0. The van der Waals surface area contributed by atoms with Crippen molar-refractivity contribution in [3.8, 4) is 11.5 Å². The Kier molecular flexibility index (Phi) is 6.93. The molecule has 1 atom stereocenters. The third kappa shape index (κ3) is 5.31. The van der Waals surface area contributed by atoms with Crippen LogP contribution in [0.3, 0.4) is 0 Å². The van der Waals surface area contributed by atoms with Crippen LogP contribution in [0, 0.1) is 0 Å². The van der Waals surface area contributed by atoms with Gasteiger partial charge in [-0.2, -0.15) is 0 Å². The first-order valence-electron chi connectivity index (χ1n) is 8.34. The lowest BCUT2D eigenvalue weighted by atomic mass is 10.2. The van der Waals surface area contributed by atoms with E-state index in [0.717, 1.165) is 0 Å². The molecule has 0 bridgehead atoms. The number of rotatable bonds is 8. The monoisotopic (exact) mass is 371 g/mol. The fraction of sp³-hybridized carbons (Fsp3) is 0.250. The van der Waals surface area contributed by atoms with E-state index in [4.69, 9.17) is 19.3 Å². The molecule has 7 heteroatoms. The molecule has 142 valence electrons. The van der Waals surface area contributed by atoms with Gasteiger partial charge in [-0.05, 0) is 44.2 Å². The van der Waals surface area contributed by atoms with Crippen molar-refractivity contribution in [2.24, 2.45) is 4.99 Å². The number of carbonyl (C=O) groups excluding carboxylic acids is 1. The van der Waals surface area contributed by atoms with E-state index in [9.17, 15) is 9.59 Å². The van der Waals surface area contributed by atoms with Crippen LogP contribution >= 0.6 is 0 Å². The van der Waals surface area contributed by atoms with Crippen molar-refractivity contribution in [2.45, 2.75) is 20.0 Å². The van der Waals surface area contributed by atoms with Gasteiger partial charge in [-0.3, -0.25) is 4.99 Å². The lowest BCUT2D eigenvalue weighted by Gasteiger charge is -2.15. The maximum Gasteiger partial charge on any atom is 0.344 e. The number of hydrogen-bond donors (Lipinski definition) is 1. The summed E-state index contributed by atoms with van der Waals surface area (Å²) in [6, 6.07) is 11.8. The lowest BCUT2D eigenvalue weighted by Crippen LogP contribution is -2.23. The Labute approximate surface area is 157 Å². The molecule has 7 nitrogen and oxygen atoms in total. The smallest absolute Gasteiger partial charge is 0.344 e. The summed E-state index contributed by atoms with van der Waals surface area (Å²) in [7, 11) is 1.47. The molecule has 0 heterocycles. The van der Waals surface area contributed by atoms with Gasteiger partial charge >= 0.3 is 11.9 Å². The SMILES string of the molecule is CCOC(=O)c1cccc(N=Cc2cccc(OC)c2O[C@@H](C)C(=O)O)c1. The minimum atomic E-state index is -1.09. The number of aliphatic carboxylic acids is 1. The molecule has 0 aliphatic carbocycles. The molecular formula is C20H21NO6. The number of ether oxygens (including phenoxy) is 3. The molecule has 2 rings (SSSR count). The highest BCUT2D eigenvalue weighted by Gasteiger charge is 2.18. The number of carboxylic acid groups (broad SMARTS) is 1. The van der Waals surface area contributed by atoms with Gasteiger partial charge in [0.25, 0.3) is 0 Å². The summed E-state index contributed by atoms with van der Waals surface area (Å²) in [5.41, 5.74) is 1.48. The molecule has 0 aromatic heterocycles. The standard InChI is InChI=1S/C20H21NO6/c1-4-26-20(24)14-7-5-9-16(11-14)21-12-15-8-6-10-17(25-3)18(15)27-13(2)19(22)23/h5-13H,4H2,1-3H3,(H,22,23)/t13-/m0/s1. The first-order chi connectivity index (χ1) is 13.0. The van der Waals surface area contributed by atoms with Crippen molar-refractivity contribution in [1.82, 2.24) is 0 Å². The van der Waals surface area contributed by atoms with E-state index in [-0.39, 0.29) is 5.75 Å². The number of carbonyl (C=O) groups is 2. The lowest BCUT2D eigenvalue weighted by molar-refractivity contribution is -0.144. The molecule has 0 radical (unpaired) electrons. The quantitative estimate of drug-likeness (QED) is 0.564. The van der Waals surface area contributed by atoms with E-state index in [1.165, 1.54) is 20.2 Å². The van der Waals surface area contributed by atoms with Crippen molar-refractivity contribution >= 4 is 23.8 Å². The van der Waals surface area contributed by atoms with Gasteiger partial charge in [0.2, 0.25) is 0 Å². The summed E-state index contributed by atoms with van der Waals surface area (Å²) in [6.07, 6.45) is 0.469. The second-order valence-electron chi connectivity index (χ2n) is 5.51. The van der Waals surface area contributed by atoms with E-state index in [2.05, 4.69) is 4.99 Å². The summed E-state index contributed by atoms with van der Waals surface area (Å²) < 4.78 is 15.8. The second-order valence-corrected chi connectivity index (χ2v) is 5.51. The number of esters is 1. The van der Waals surface area contributed by atoms with Crippen LogP contribution in [0.15, 0.2) is 47.5 Å². The van der Waals surface area contributed by atoms with Crippen LogP contribution in [0.4, 0.5) is 5.69 Å². The number of para-hydroxylation sites is 1. The molecule has 0 amide bonds. The van der Waals surface area contributed by atoms with Gasteiger partial charge in [-0.1, -0.05) is 12.1 Å². The van der Waals surface area contributed by atoms with Crippen molar-refractivity contribution in [3.63, 3.8) is 0 Å². The molecule has 2 aromatic carbocycles. The Bertz CT molecular complexity index is 846. The third-order valence-electron chi connectivity index (χ3n) is 3.58. The molecule has 0 unspecified atom stereocenters. The maximum atomic E-state index is 11.8. The van der Waals surface area contributed by atoms with Gasteiger partial charge in [-0.25, -0.2) is 9.59 Å². The molecule has 27 heavy (non-hydrogen) atoms. The van der Waals surface area contributed by atoms with Gasteiger partial charge in [-0.15, -0.1) is 0 Å². The number of methoxy groups -OCH3 is 1. The van der Waals surface area contributed by atoms with Gasteiger partial charge in [0.05, 0.1) is 25.0 Å². The van der Waals surface area contributed by atoms with Crippen LogP contribution in [-0.2, 0) is 9.53 Å². The number of nitrogens with zero attached hydrogens (tertiary/aromatic N) is 1. The molecule has 0 aliphatic heterocycles. The molecular weight excluding hydrogens is 350 g/mol. The number of carboxylic acids is 1. The van der Waals surface area contributed by atoms with Crippen molar-refractivity contribution in [3.05, 3.63) is 53.6 Å². The van der Waals surface area contributed by atoms with Crippen LogP contribution < -0.4 is 9.47 Å². The first-order valence-corrected chi connectivity index (χ1v) is 8.34. The van der Waals surface area contributed by atoms with Gasteiger partial charge in [0, 0.05) is 11.8 Å². The van der Waals surface area contributed by atoms with Crippen LogP contribution in [0.25, 0.3) is 0 Å². The highest BCUT2D eigenvalue weighted by Crippen LogP contribution is 2.31. The Morgan fingerprint density at radius 2 is 1.96 bits per heavy atom. The number of benzene rings is 2. The van der Waals surface area contributed by atoms with E-state index >= 15 is 0 Å². The van der Waals surface area contributed by atoms with Crippen molar-refractivity contribution in [2.75, 3.05) is 13.7 Å². The maximum absolute atomic E-state index is 11.8. The minimum Gasteiger partial charge on any atom is -0.493 e. The molecule has 2 aromatic rings. The fourth-order valence-electron chi connectivity index (χ4n) is 2.22. The summed E-state index contributed by atoms with van der Waals surface area (Å²) in [6.45, 7) is 3.46. The Hall–Kier alpha value is -3.35. The zero-order chi connectivity index (χ0) is 19.8. The normalized spacial score (nSPS) is 11.8. The predicted octanol–water partition coefficient (Wildman–Crippen LogP) is 3.47. The molecule has 0 fully saturated rings. The van der Waals surface area contributed by atoms with Crippen molar-refractivity contribution < 1.29 is 28.9 Å². The van der Waals surface area contributed by atoms with Crippen LogP contribution in [0.1, 0.15) is 29.8 Å². The van der Waals surface area contributed by atoms with Gasteiger partial charge in [0.1, 0.15) is 0 Å². The molecule has 0 aliphatic rings. The van der Waals surface area contributed by atoms with Gasteiger partial charge < -0.3 is 19.3 Å². The zero-order valence-electron chi connectivity index (χ0n) is 15.3. The van der Waals surface area contributed by atoms with Crippen LogP contribution in [0.5, 0.6) is 11.5 Å². The average molecular weight is 371 g/mol. The van der Waals surface area contributed by atoms with E-state index in [1.54, 1.807) is 49.4 Å². The molecule has 1 N–H and O–H groups in total. The highest BCUT2D eigenvalue weighted by atomic mass is 16.5. The Morgan fingerprint density at radius 1 is 1.22 bits per heavy atom. The van der Waals surface area contributed by atoms with Gasteiger partial charge in [0.15, 0.2) is 17.6 Å². The predicted molar refractivity (Wildman–Crippen MR) is 100 cm³/mol. The second kappa shape index (κ2) is 9.38. The van der Waals surface area contributed by atoms with Crippen molar-refractivity contribution in [1.29, 1.82) is 0 Å². The topological polar surface area (TPSA) is 94.4 Å². The zero-order valence-corrected chi connectivity index (χ0v) is 15.3. The van der Waals surface area contributed by atoms with Crippen LogP contribution in [-0.4, -0.2) is 43.1 Å². The summed E-state index contributed by atoms with van der Waals surface area (Å²) in [5, 5.41) is 9.09. The number of hydrogen-bond acceptors (Lipinski definition) is 6. The largest absolute Gasteiger partial charge is 0.493 e. The van der Waals surface area contributed by atoms with E-state index in [1.807, 2.05) is 0 Å². The molecule has 0 saturated carbocycles. The van der Waals surface area contributed by atoms with Crippen LogP contribution in [0.2, 0.25) is 0 Å². The summed E-state index contributed by atoms with van der Waals surface area (Å²) in [4.78, 5) is 27.3. The minimum absolute atomic E-state index is 0.278. The average Bonchev–Trinajstić information content (AvgIpc) is 2.67. The summed E-state index contributed by atoms with van der Waals surface area (Å²) in [5.74, 6) is -0.839. The molecule has 0 saturated heterocycles. The Morgan fingerprint density at radius 3 is 2.63 bits per heavy atom. The number of aliphatic imine (C=N–C) groups is 1.